The number of hydrogen-bond acceptors (Lipinski definition) is 6. The molecule has 2 heterocycles. The predicted octanol–water partition coefficient (Wildman–Crippen LogP) is 3.09. The van der Waals surface area contributed by atoms with Crippen molar-refractivity contribution >= 4 is 10.0 Å². The van der Waals surface area contributed by atoms with Gasteiger partial charge in [-0.05, 0) is 44.5 Å². The average molecular weight is 433 g/mol. The summed E-state index contributed by atoms with van der Waals surface area (Å²) in [4.78, 5) is 2.19. The SMILES string of the molecule is Cc1noc(C)c1S(=O)(=O)N1CCCN(Cc2ccc(OC(F)(F)F)cc2)CC1. The molecule has 1 aliphatic heterocycles. The first-order chi connectivity index (χ1) is 13.6. The fourth-order valence-electron chi connectivity index (χ4n) is 3.37. The summed E-state index contributed by atoms with van der Waals surface area (Å²) < 4.78 is 73.0. The smallest absolute Gasteiger partial charge is 0.406 e. The summed E-state index contributed by atoms with van der Waals surface area (Å²) in [5.74, 6) is -0.00128. The molecule has 0 bridgehead atoms. The third kappa shape index (κ3) is 5.28. The van der Waals surface area contributed by atoms with Crippen molar-refractivity contribution in [2.45, 2.75) is 38.1 Å². The Morgan fingerprint density at radius 2 is 1.79 bits per heavy atom. The lowest BCUT2D eigenvalue weighted by molar-refractivity contribution is -0.274. The highest BCUT2D eigenvalue weighted by atomic mass is 32.2. The van der Waals surface area contributed by atoms with E-state index in [1.807, 2.05) is 0 Å². The van der Waals surface area contributed by atoms with Gasteiger partial charge in [0.1, 0.15) is 16.3 Å². The second kappa shape index (κ2) is 8.33. The zero-order valence-electron chi connectivity index (χ0n) is 16.1. The number of rotatable bonds is 5. The molecule has 0 amide bonds. The predicted molar refractivity (Wildman–Crippen MR) is 97.8 cm³/mol. The molecule has 7 nitrogen and oxygen atoms in total. The van der Waals surface area contributed by atoms with Crippen molar-refractivity contribution < 1.29 is 30.8 Å². The minimum atomic E-state index is -4.72. The molecule has 1 aromatic carbocycles. The van der Waals surface area contributed by atoms with E-state index in [1.165, 1.54) is 16.4 Å². The van der Waals surface area contributed by atoms with Gasteiger partial charge in [0, 0.05) is 26.2 Å². The molecule has 1 aromatic heterocycles. The highest BCUT2D eigenvalue weighted by Gasteiger charge is 2.32. The van der Waals surface area contributed by atoms with Gasteiger partial charge in [-0.3, -0.25) is 4.90 Å². The Bertz CT molecular complexity index is 923. The van der Waals surface area contributed by atoms with Crippen molar-refractivity contribution in [3.05, 3.63) is 41.3 Å². The fraction of sp³-hybridized carbons (Fsp3) is 0.500. The average Bonchev–Trinajstić information content (AvgIpc) is 2.82. The van der Waals surface area contributed by atoms with E-state index in [0.717, 1.165) is 5.56 Å². The summed E-state index contributed by atoms with van der Waals surface area (Å²) >= 11 is 0. The topological polar surface area (TPSA) is 75.9 Å². The van der Waals surface area contributed by atoms with E-state index in [-0.39, 0.29) is 16.4 Å². The van der Waals surface area contributed by atoms with E-state index in [0.29, 0.717) is 44.8 Å². The molecule has 0 aliphatic carbocycles. The Balaban J connectivity index is 1.63. The zero-order valence-corrected chi connectivity index (χ0v) is 16.9. The molecule has 1 saturated heterocycles. The van der Waals surface area contributed by atoms with Crippen LogP contribution in [0.15, 0.2) is 33.7 Å². The molecular formula is C18H22F3N3O4S. The Labute approximate surface area is 167 Å². The third-order valence-corrected chi connectivity index (χ3v) is 6.82. The van der Waals surface area contributed by atoms with E-state index in [1.54, 1.807) is 26.0 Å². The van der Waals surface area contributed by atoms with E-state index in [9.17, 15) is 21.6 Å². The van der Waals surface area contributed by atoms with Crippen LogP contribution in [-0.4, -0.2) is 55.3 Å². The number of hydrogen-bond donors (Lipinski definition) is 0. The number of benzene rings is 1. The molecule has 3 rings (SSSR count). The van der Waals surface area contributed by atoms with Crippen molar-refractivity contribution in [1.29, 1.82) is 0 Å². The minimum absolute atomic E-state index is 0.117. The minimum Gasteiger partial charge on any atom is -0.406 e. The van der Waals surface area contributed by atoms with Gasteiger partial charge in [0.15, 0.2) is 5.76 Å². The largest absolute Gasteiger partial charge is 0.573 e. The Hall–Kier alpha value is -2.11. The molecule has 29 heavy (non-hydrogen) atoms. The number of sulfonamides is 1. The van der Waals surface area contributed by atoms with Crippen LogP contribution in [0.2, 0.25) is 0 Å². The molecule has 0 spiro atoms. The molecule has 0 saturated carbocycles. The number of aryl methyl sites for hydroxylation is 2. The van der Waals surface area contributed by atoms with Crippen LogP contribution in [-0.2, 0) is 16.6 Å². The Kier molecular flexibility index (Phi) is 6.20. The van der Waals surface area contributed by atoms with Crippen molar-refractivity contribution in [2.24, 2.45) is 0 Å². The lowest BCUT2D eigenvalue weighted by Crippen LogP contribution is -2.35. The van der Waals surface area contributed by atoms with Crippen molar-refractivity contribution in [2.75, 3.05) is 26.2 Å². The van der Waals surface area contributed by atoms with Gasteiger partial charge in [-0.25, -0.2) is 8.42 Å². The maximum absolute atomic E-state index is 13.0. The van der Waals surface area contributed by atoms with Crippen molar-refractivity contribution in [3.8, 4) is 5.75 Å². The fourth-order valence-corrected chi connectivity index (χ4v) is 5.13. The van der Waals surface area contributed by atoms with E-state index < -0.39 is 16.4 Å². The van der Waals surface area contributed by atoms with Gasteiger partial charge in [0.25, 0.3) is 0 Å². The molecule has 0 N–H and O–H groups in total. The number of alkyl halides is 3. The molecule has 0 atom stereocenters. The van der Waals surface area contributed by atoms with Gasteiger partial charge in [0.2, 0.25) is 10.0 Å². The molecule has 1 fully saturated rings. The van der Waals surface area contributed by atoms with Crippen LogP contribution in [0.5, 0.6) is 5.75 Å². The molecule has 2 aromatic rings. The first-order valence-corrected chi connectivity index (χ1v) is 10.5. The molecule has 160 valence electrons. The second-order valence-corrected chi connectivity index (χ2v) is 8.75. The van der Waals surface area contributed by atoms with E-state index >= 15 is 0 Å². The lowest BCUT2D eigenvalue weighted by atomic mass is 10.2. The lowest BCUT2D eigenvalue weighted by Gasteiger charge is -2.21. The highest BCUT2D eigenvalue weighted by molar-refractivity contribution is 7.89. The quantitative estimate of drug-likeness (QED) is 0.721. The normalized spacial score (nSPS) is 17.3. The summed E-state index contributed by atoms with van der Waals surface area (Å²) in [6.07, 6.45) is -4.08. The van der Waals surface area contributed by atoms with Crippen molar-refractivity contribution in [1.82, 2.24) is 14.4 Å². The Morgan fingerprint density at radius 3 is 2.38 bits per heavy atom. The van der Waals surface area contributed by atoms with Crippen LogP contribution in [0.1, 0.15) is 23.4 Å². The summed E-state index contributed by atoms with van der Waals surface area (Å²) in [5.41, 5.74) is 1.16. The van der Waals surface area contributed by atoms with Crippen LogP contribution >= 0.6 is 0 Å². The van der Waals surface area contributed by atoms with Crippen LogP contribution < -0.4 is 4.74 Å². The maximum atomic E-state index is 13.0. The molecular weight excluding hydrogens is 411 g/mol. The van der Waals surface area contributed by atoms with Crippen LogP contribution in [0.25, 0.3) is 0 Å². The Morgan fingerprint density at radius 1 is 1.10 bits per heavy atom. The van der Waals surface area contributed by atoms with E-state index in [4.69, 9.17) is 4.52 Å². The first-order valence-electron chi connectivity index (χ1n) is 9.06. The van der Waals surface area contributed by atoms with Gasteiger partial charge >= 0.3 is 6.36 Å². The number of aromatic nitrogens is 1. The van der Waals surface area contributed by atoms with Gasteiger partial charge < -0.3 is 9.26 Å². The summed E-state index contributed by atoms with van der Waals surface area (Å²) in [6, 6.07) is 5.69. The van der Waals surface area contributed by atoms with Crippen molar-refractivity contribution in [3.63, 3.8) is 0 Å². The maximum Gasteiger partial charge on any atom is 0.573 e. The van der Waals surface area contributed by atoms with Crippen LogP contribution in [0, 0.1) is 13.8 Å². The number of ether oxygens (including phenoxy) is 1. The van der Waals surface area contributed by atoms with Crippen LogP contribution in [0.4, 0.5) is 13.2 Å². The van der Waals surface area contributed by atoms with Crippen LogP contribution in [0.3, 0.4) is 0 Å². The van der Waals surface area contributed by atoms with Gasteiger partial charge in [0.05, 0.1) is 0 Å². The molecule has 1 aliphatic rings. The molecule has 11 heteroatoms. The summed E-state index contributed by atoms with van der Waals surface area (Å²) in [7, 11) is -3.70. The second-order valence-electron chi connectivity index (χ2n) is 6.88. The molecule has 0 radical (unpaired) electrons. The zero-order chi connectivity index (χ0) is 21.2. The highest BCUT2D eigenvalue weighted by Crippen LogP contribution is 2.25. The first kappa shape index (κ1) is 21.6. The van der Waals surface area contributed by atoms with Gasteiger partial charge in [-0.15, -0.1) is 13.2 Å². The van der Waals surface area contributed by atoms with Gasteiger partial charge in [-0.2, -0.15) is 4.31 Å². The molecule has 0 unspecified atom stereocenters. The standard InChI is InChI=1S/C18H22F3N3O4S/c1-13-17(14(2)28-22-13)29(25,26)24-9-3-8-23(10-11-24)12-15-4-6-16(7-5-15)27-18(19,20)21/h4-7H,3,8-12H2,1-2H3. The number of halogens is 3. The summed E-state index contributed by atoms with van der Waals surface area (Å²) in [6.45, 7) is 5.54. The monoisotopic (exact) mass is 433 g/mol. The summed E-state index contributed by atoms with van der Waals surface area (Å²) in [5, 5.41) is 3.73. The van der Waals surface area contributed by atoms with Gasteiger partial charge in [-0.1, -0.05) is 17.3 Å². The van der Waals surface area contributed by atoms with E-state index in [2.05, 4.69) is 14.8 Å². The third-order valence-electron chi connectivity index (χ3n) is 4.68. The number of nitrogens with zero attached hydrogens (tertiary/aromatic N) is 3.